The van der Waals surface area contributed by atoms with Crippen molar-refractivity contribution in [3.05, 3.63) is 34.4 Å². The second-order valence-corrected chi connectivity index (χ2v) is 5.20. The number of benzene rings is 1. The molecule has 1 N–H and O–H groups in total. The fraction of sp³-hybridized carbons (Fsp3) is 0.417. The first kappa shape index (κ1) is 20.7. The van der Waals surface area contributed by atoms with Crippen LogP contribution in [-0.2, 0) is 9.53 Å². The average molecular weight is 412 g/mol. The smallest absolute Gasteiger partial charge is 0.321 e. The molecule has 1 fully saturated rings. The molecule has 15 heteroatoms. The Kier molecular flexibility index (Phi) is 4.38. The van der Waals surface area contributed by atoms with Crippen LogP contribution < -0.4 is 5.32 Å². The zero-order chi connectivity index (χ0) is 21.1. The molecule has 150 valence electrons. The summed E-state index contributed by atoms with van der Waals surface area (Å²) in [4.78, 5) is 20.9. The lowest BCUT2D eigenvalue weighted by molar-refractivity contribution is -0.384. The van der Waals surface area contributed by atoms with E-state index in [1.807, 2.05) is 0 Å². The summed E-state index contributed by atoms with van der Waals surface area (Å²) in [5.74, 6) is -29.1. The third-order valence-corrected chi connectivity index (χ3v) is 3.46. The fourth-order valence-corrected chi connectivity index (χ4v) is 1.97. The molecule has 0 aliphatic carbocycles. The van der Waals surface area contributed by atoms with Crippen molar-refractivity contribution in [1.82, 2.24) is 0 Å². The molecule has 1 aromatic rings. The normalized spacial score (nSPS) is 25.8. The first-order chi connectivity index (χ1) is 12.0. The summed E-state index contributed by atoms with van der Waals surface area (Å²) in [6.07, 6.45) is -6.34. The van der Waals surface area contributed by atoms with E-state index in [-0.39, 0.29) is 0 Å². The van der Waals surface area contributed by atoms with E-state index in [0.717, 1.165) is 5.32 Å². The van der Waals surface area contributed by atoms with Gasteiger partial charge in [0.15, 0.2) is 0 Å². The van der Waals surface area contributed by atoms with Crippen LogP contribution in [0.2, 0.25) is 0 Å². The Labute approximate surface area is 142 Å². The molecule has 1 aliphatic heterocycles. The summed E-state index contributed by atoms with van der Waals surface area (Å²) >= 11 is 0. The molecule has 1 aromatic carbocycles. The molecule has 0 saturated carbocycles. The highest BCUT2D eigenvalue weighted by atomic mass is 19.4. The summed E-state index contributed by atoms with van der Waals surface area (Å²) in [5.41, 5.74) is -1.33. The molecule has 1 amide bonds. The van der Waals surface area contributed by atoms with Crippen LogP contribution in [0.3, 0.4) is 0 Å². The van der Waals surface area contributed by atoms with Crippen molar-refractivity contribution in [2.45, 2.75) is 29.7 Å². The number of carbonyl (C=O) groups is 1. The van der Waals surface area contributed by atoms with Crippen LogP contribution in [0.15, 0.2) is 24.3 Å². The maximum absolute atomic E-state index is 14.0. The van der Waals surface area contributed by atoms with Crippen molar-refractivity contribution in [2.75, 3.05) is 5.32 Å². The van der Waals surface area contributed by atoms with E-state index >= 15 is 0 Å². The minimum absolute atomic E-state index is 0.591. The van der Waals surface area contributed by atoms with Crippen LogP contribution in [0.4, 0.5) is 50.9 Å². The van der Waals surface area contributed by atoms with Crippen molar-refractivity contribution < 1.29 is 54.0 Å². The van der Waals surface area contributed by atoms with Crippen LogP contribution in [0.25, 0.3) is 0 Å². The van der Waals surface area contributed by atoms with Gasteiger partial charge in [0.05, 0.1) is 4.92 Å². The topological polar surface area (TPSA) is 81.5 Å². The third kappa shape index (κ3) is 2.67. The van der Waals surface area contributed by atoms with Crippen molar-refractivity contribution in [2.24, 2.45) is 0 Å². The lowest BCUT2D eigenvalue weighted by atomic mass is 9.99. The van der Waals surface area contributed by atoms with Gasteiger partial charge in [-0.1, -0.05) is 0 Å². The first-order valence-corrected chi connectivity index (χ1v) is 6.47. The van der Waals surface area contributed by atoms with Gasteiger partial charge in [0.2, 0.25) is 0 Å². The minimum atomic E-state index is -6.79. The van der Waals surface area contributed by atoms with Gasteiger partial charge in [0.1, 0.15) is 0 Å². The molecule has 1 saturated heterocycles. The van der Waals surface area contributed by atoms with Crippen LogP contribution in [0.5, 0.6) is 0 Å². The summed E-state index contributed by atoms with van der Waals surface area (Å²) in [6, 6.07) is 2.52. The van der Waals surface area contributed by atoms with Crippen LogP contribution in [-0.4, -0.2) is 40.6 Å². The number of anilines is 1. The molecule has 6 nitrogen and oxygen atoms in total. The number of nitro groups is 1. The zero-order valence-corrected chi connectivity index (χ0v) is 12.3. The number of hydrogen-bond donors (Lipinski definition) is 1. The highest BCUT2D eigenvalue weighted by Crippen LogP contribution is 2.64. The number of ether oxygens (including phenoxy) is 1. The lowest BCUT2D eigenvalue weighted by Gasteiger charge is -2.31. The second kappa shape index (κ2) is 5.71. The van der Waals surface area contributed by atoms with Gasteiger partial charge in [0, 0.05) is 17.8 Å². The number of nitrogens with zero attached hydrogens (tertiary/aromatic N) is 1. The Hall–Kier alpha value is -2.58. The SMILES string of the molecule is O=C(Nc1ccc([N+](=O)[O-])cc1)C(F)(F)[C@@]1(F)OC(F)(F)C(F)(F)C1(F)F. The number of non-ortho nitro benzene ring substituents is 1. The summed E-state index contributed by atoms with van der Waals surface area (Å²) < 4.78 is 122. The predicted octanol–water partition coefficient (Wildman–Crippen LogP) is 3.73. The third-order valence-electron chi connectivity index (χ3n) is 3.46. The van der Waals surface area contributed by atoms with E-state index < -0.39 is 51.9 Å². The van der Waals surface area contributed by atoms with Gasteiger partial charge in [-0.25, -0.2) is 0 Å². The number of nitro benzene ring substituents is 1. The van der Waals surface area contributed by atoms with Crippen LogP contribution in [0.1, 0.15) is 0 Å². The minimum Gasteiger partial charge on any atom is -0.321 e. The lowest BCUT2D eigenvalue weighted by Crippen LogP contribution is -2.63. The molecule has 0 radical (unpaired) electrons. The van der Waals surface area contributed by atoms with Gasteiger partial charge < -0.3 is 5.32 Å². The van der Waals surface area contributed by atoms with E-state index in [1.54, 1.807) is 0 Å². The van der Waals surface area contributed by atoms with E-state index in [1.165, 1.54) is 0 Å². The predicted molar refractivity (Wildman–Crippen MR) is 66.4 cm³/mol. The molecule has 2 rings (SSSR count). The number of carbonyl (C=O) groups excluding carboxylic acids is 1. The van der Waals surface area contributed by atoms with Crippen LogP contribution >= 0.6 is 0 Å². The summed E-state index contributed by atoms with van der Waals surface area (Å²) in [5, 5.41) is 11.5. The molecule has 1 atom stereocenters. The van der Waals surface area contributed by atoms with Gasteiger partial charge in [-0.2, -0.15) is 39.5 Å². The number of halogens is 9. The molecule has 0 unspecified atom stereocenters. The fourth-order valence-electron chi connectivity index (χ4n) is 1.97. The van der Waals surface area contributed by atoms with E-state index in [2.05, 4.69) is 4.74 Å². The molecule has 0 aromatic heterocycles. The highest BCUT2D eigenvalue weighted by molar-refractivity contribution is 5.97. The standard InChI is InChI=1S/C12H5F9N2O4/c13-8(14,7(24)22-5-1-3-6(4-2-5)23(25)26)11(19)9(15,16)10(17,18)12(20,21)27-11/h1-4H,(H,22,24)/t11-/m1/s1. The quantitative estimate of drug-likeness (QED) is 0.464. The first-order valence-electron chi connectivity index (χ1n) is 6.47. The van der Waals surface area contributed by atoms with Gasteiger partial charge in [-0.05, 0) is 12.1 Å². The number of hydrogen-bond acceptors (Lipinski definition) is 4. The Morgan fingerprint density at radius 2 is 1.48 bits per heavy atom. The van der Waals surface area contributed by atoms with Gasteiger partial charge in [0.25, 0.3) is 5.69 Å². The maximum Gasteiger partial charge on any atom is 0.428 e. The monoisotopic (exact) mass is 412 g/mol. The van der Waals surface area contributed by atoms with Crippen LogP contribution in [0, 0.1) is 10.1 Å². The Morgan fingerprint density at radius 3 is 1.85 bits per heavy atom. The Bertz CT molecular complexity index is 784. The Morgan fingerprint density at radius 1 is 1.00 bits per heavy atom. The van der Waals surface area contributed by atoms with Crippen molar-refractivity contribution in [3.63, 3.8) is 0 Å². The van der Waals surface area contributed by atoms with Gasteiger partial charge in [-0.3, -0.25) is 19.6 Å². The summed E-state index contributed by atoms with van der Waals surface area (Å²) in [7, 11) is 0. The molecule has 1 heterocycles. The Balaban J connectivity index is 2.36. The number of rotatable bonds is 4. The van der Waals surface area contributed by atoms with E-state index in [0.29, 0.717) is 24.3 Å². The largest absolute Gasteiger partial charge is 0.428 e. The van der Waals surface area contributed by atoms with Crippen molar-refractivity contribution in [1.29, 1.82) is 0 Å². The number of alkyl halides is 9. The molecule has 0 bridgehead atoms. The van der Waals surface area contributed by atoms with Crippen molar-refractivity contribution in [3.8, 4) is 0 Å². The average Bonchev–Trinajstić information content (AvgIpc) is 2.63. The number of nitrogens with one attached hydrogen (secondary N) is 1. The molecular formula is C12H5F9N2O4. The van der Waals surface area contributed by atoms with Crippen molar-refractivity contribution >= 4 is 17.3 Å². The molecule has 27 heavy (non-hydrogen) atoms. The molecule has 0 spiro atoms. The number of amides is 1. The van der Waals surface area contributed by atoms with E-state index in [4.69, 9.17) is 0 Å². The van der Waals surface area contributed by atoms with Gasteiger partial charge >= 0.3 is 35.6 Å². The highest BCUT2D eigenvalue weighted by Gasteiger charge is 2.96. The molecular weight excluding hydrogens is 407 g/mol. The molecule has 1 aliphatic rings. The summed E-state index contributed by atoms with van der Waals surface area (Å²) in [6.45, 7) is 0. The van der Waals surface area contributed by atoms with E-state index in [9.17, 15) is 54.4 Å². The zero-order valence-electron chi connectivity index (χ0n) is 12.3. The second-order valence-electron chi connectivity index (χ2n) is 5.20. The maximum atomic E-state index is 14.0. The van der Waals surface area contributed by atoms with Gasteiger partial charge in [-0.15, -0.1) is 0 Å².